The highest BCUT2D eigenvalue weighted by Crippen LogP contribution is 2.34. The topological polar surface area (TPSA) is 75.9 Å². The first-order valence-electron chi connectivity index (χ1n) is 9.46. The van der Waals surface area contributed by atoms with Crippen LogP contribution in [-0.4, -0.2) is 42.9 Å². The van der Waals surface area contributed by atoms with E-state index in [0.29, 0.717) is 19.0 Å². The molecule has 1 unspecified atom stereocenters. The zero-order valence-electron chi connectivity index (χ0n) is 15.5. The van der Waals surface area contributed by atoms with Crippen LogP contribution >= 0.6 is 0 Å². The van der Waals surface area contributed by atoms with Crippen molar-refractivity contribution < 1.29 is 4.79 Å². The average molecular weight is 354 g/mol. The lowest BCUT2D eigenvalue weighted by Gasteiger charge is -2.43. The Morgan fingerprint density at radius 2 is 2.08 bits per heavy atom. The minimum Gasteiger partial charge on any atom is -0.350 e. The SMILES string of the molecule is Cc1cnc(CNC(=O)Cc2cn3c(n2)C(C)N(C2CCC2)CC3)cn1. The Balaban J connectivity index is 1.35. The maximum Gasteiger partial charge on any atom is 0.226 e. The van der Waals surface area contributed by atoms with Crippen molar-refractivity contribution in [3.63, 3.8) is 0 Å². The third-order valence-corrected chi connectivity index (χ3v) is 5.51. The molecule has 0 bridgehead atoms. The number of aromatic nitrogens is 4. The van der Waals surface area contributed by atoms with Crippen molar-refractivity contribution in [1.82, 2.24) is 29.7 Å². The Morgan fingerprint density at radius 1 is 1.23 bits per heavy atom. The van der Waals surface area contributed by atoms with E-state index in [-0.39, 0.29) is 5.91 Å². The van der Waals surface area contributed by atoms with E-state index in [2.05, 4.69) is 31.7 Å². The molecule has 1 saturated carbocycles. The molecular formula is C19H26N6O. The number of hydrogen-bond acceptors (Lipinski definition) is 5. The summed E-state index contributed by atoms with van der Waals surface area (Å²) in [5.74, 6) is 1.06. The van der Waals surface area contributed by atoms with E-state index < -0.39 is 0 Å². The second-order valence-electron chi connectivity index (χ2n) is 7.38. The Morgan fingerprint density at radius 3 is 2.77 bits per heavy atom. The molecule has 0 aromatic carbocycles. The van der Waals surface area contributed by atoms with E-state index in [1.165, 1.54) is 19.3 Å². The van der Waals surface area contributed by atoms with Gasteiger partial charge in [0, 0.05) is 31.5 Å². The van der Waals surface area contributed by atoms with Crippen LogP contribution in [0.25, 0.3) is 0 Å². The fourth-order valence-corrected chi connectivity index (χ4v) is 3.79. The second kappa shape index (κ2) is 7.15. The molecule has 1 amide bonds. The third-order valence-electron chi connectivity index (χ3n) is 5.51. The summed E-state index contributed by atoms with van der Waals surface area (Å²) in [6, 6.07) is 1.05. The number of fused-ring (bicyclic) bond motifs is 1. The number of aryl methyl sites for hydroxylation is 1. The molecule has 0 saturated heterocycles. The van der Waals surface area contributed by atoms with Crippen molar-refractivity contribution >= 4 is 5.91 Å². The monoisotopic (exact) mass is 354 g/mol. The first-order valence-corrected chi connectivity index (χ1v) is 9.46. The highest BCUT2D eigenvalue weighted by Gasteiger charge is 2.34. The number of imidazole rings is 1. The summed E-state index contributed by atoms with van der Waals surface area (Å²) in [6.45, 7) is 6.56. The number of hydrogen-bond donors (Lipinski definition) is 1. The standard InChI is InChI=1S/C19H26N6O/c1-13-9-21-16(10-20-13)11-22-18(26)8-15-12-24-6-7-25(17-4-3-5-17)14(2)19(24)23-15/h9-10,12,14,17H,3-8,11H2,1-2H3,(H,22,26). The highest BCUT2D eigenvalue weighted by atomic mass is 16.1. The molecule has 7 nitrogen and oxygen atoms in total. The van der Waals surface area contributed by atoms with Gasteiger partial charge in [0.2, 0.25) is 5.91 Å². The zero-order chi connectivity index (χ0) is 18.1. The van der Waals surface area contributed by atoms with Gasteiger partial charge in [-0.25, -0.2) is 4.98 Å². The number of amides is 1. The van der Waals surface area contributed by atoms with Gasteiger partial charge in [0.05, 0.1) is 42.3 Å². The molecule has 1 aliphatic carbocycles. The zero-order valence-corrected chi connectivity index (χ0v) is 15.5. The van der Waals surface area contributed by atoms with Gasteiger partial charge in [0.15, 0.2) is 0 Å². The fourth-order valence-electron chi connectivity index (χ4n) is 3.79. The lowest BCUT2D eigenvalue weighted by molar-refractivity contribution is -0.120. The van der Waals surface area contributed by atoms with Crippen molar-refractivity contribution in [2.45, 2.75) is 64.7 Å². The van der Waals surface area contributed by atoms with Crippen LogP contribution in [0, 0.1) is 6.92 Å². The highest BCUT2D eigenvalue weighted by molar-refractivity contribution is 5.78. The van der Waals surface area contributed by atoms with E-state index in [1.807, 2.05) is 13.1 Å². The Kier molecular flexibility index (Phi) is 4.72. The average Bonchev–Trinajstić information content (AvgIpc) is 2.99. The van der Waals surface area contributed by atoms with Crippen LogP contribution in [0.4, 0.5) is 0 Å². The molecule has 1 fully saturated rings. The molecule has 1 atom stereocenters. The van der Waals surface area contributed by atoms with Gasteiger partial charge in [-0.3, -0.25) is 19.7 Å². The van der Waals surface area contributed by atoms with E-state index in [9.17, 15) is 4.79 Å². The van der Waals surface area contributed by atoms with Crippen molar-refractivity contribution in [2.75, 3.05) is 6.54 Å². The summed E-state index contributed by atoms with van der Waals surface area (Å²) >= 11 is 0. The van der Waals surface area contributed by atoms with Crippen LogP contribution in [-0.2, 0) is 24.3 Å². The number of carbonyl (C=O) groups excluding carboxylic acids is 1. The first-order chi connectivity index (χ1) is 12.6. The van der Waals surface area contributed by atoms with Crippen LogP contribution in [0.1, 0.15) is 55.1 Å². The minimum absolute atomic E-state index is 0.0358. The summed E-state index contributed by atoms with van der Waals surface area (Å²) in [4.78, 5) is 28.0. The quantitative estimate of drug-likeness (QED) is 0.886. The van der Waals surface area contributed by atoms with Crippen LogP contribution < -0.4 is 5.32 Å². The van der Waals surface area contributed by atoms with Crippen LogP contribution in [0.3, 0.4) is 0 Å². The molecule has 2 aliphatic rings. The van der Waals surface area contributed by atoms with Crippen molar-refractivity contribution in [3.05, 3.63) is 41.5 Å². The lowest BCUT2D eigenvalue weighted by atomic mass is 9.90. The maximum absolute atomic E-state index is 12.3. The maximum atomic E-state index is 12.3. The first kappa shape index (κ1) is 17.1. The molecule has 138 valence electrons. The molecular weight excluding hydrogens is 328 g/mol. The summed E-state index contributed by atoms with van der Waals surface area (Å²) in [5.41, 5.74) is 2.47. The van der Waals surface area contributed by atoms with Gasteiger partial charge in [0.1, 0.15) is 5.82 Å². The molecule has 1 aliphatic heterocycles. The fraction of sp³-hybridized carbons (Fsp3) is 0.579. The van der Waals surface area contributed by atoms with Crippen molar-refractivity contribution in [1.29, 1.82) is 0 Å². The Hall–Kier alpha value is -2.28. The minimum atomic E-state index is -0.0358. The number of rotatable bonds is 5. The van der Waals surface area contributed by atoms with Gasteiger partial charge < -0.3 is 9.88 Å². The Labute approximate surface area is 153 Å². The molecule has 2 aromatic heterocycles. The molecule has 0 spiro atoms. The number of nitrogens with one attached hydrogen (secondary N) is 1. The van der Waals surface area contributed by atoms with E-state index >= 15 is 0 Å². The van der Waals surface area contributed by atoms with E-state index in [4.69, 9.17) is 4.98 Å². The van der Waals surface area contributed by atoms with E-state index in [1.54, 1.807) is 12.4 Å². The molecule has 3 heterocycles. The molecule has 1 N–H and O–H groups in total. The smallest absolute Gasteiger partial charge is 0.226 e. The van der Waals surface area contributed by atoms with Gasteiger partial charge >= 0.3 is 0 Å². The lowest BCUT2D eigenvalue weighted by Crippen LogP contribution is -2.46. The summed E-state index contributed by atoms with van der Waals surface area (Å²) in [7, 11) is 0. The van der Waals surface area contributed by atoms with Crippen LogP contribution in [0.5, 0.6) is 0 Å². The van der Waals surface area contributed by atoms with Gasteiger partial charge in [-0.15, -0.1) is 0 Å². The molecule has 7 heteroatoms. The largest absolute Gasteiger partial charge is 0.350 e. The predicted octanol–water partition coefficient (Wildman–Crippen LogP) is 1.77. The van der Waals surface area contributed by atoms with Crippen LogP contribution in [0.15, 0.2) is 18.6 Å². The third kappa shape index (κ3) is 3.49. The molecule has 26 heavy (non-hydrogen) atoms. The normalized spacial score (nSPS) is 20.5. The molecule has 4 rings (SSSR count). The number of carbonyl (C=O) groups is 1. The van der Waals surface area contributed by atoms with Crippen LogP contribution in [0.2, 0.25) is 0 Å². The Bertz CT molecular complexity index is 780. The summed E-state index contributed by atoms with van der Waals surface area (Å²) < 4.78 is 2.22. The molecule has 0 radical (unpaired) electrons. The van der Waals surface area contributed by atoms with Gasteiger partial charge in [-0.2, -0.15) is 0 Å². The number of nitrogens with zero attached hydrogens (tertiary/aromatic N) is 5. The summed E-state index contributed by atoms with van der Waals surface area (Å²) in [6.07, 6.45) is 9.70. The molecule has 2 aromatic rings. The van der Waals surface area contributed by atoms with Gasteiger partial charge in [-0.05, 0) is 26.7 Å². The predicted molar refractivity (Wildman–Crippen MR) is 97.3 cm³/mol. The van der Waals surface area contributed by atoms with Crippen molar-refractivity contribution in [2.24, 2.45) is 0 Å². The van der Waals surface area contributed by atoms with Gasteiger partial charge in [-0.1, -0.05) is 6.42 Å². The van der Waals surface area contributed by atoms with E-state index in [0.717, 1.165) is 42.0 Å². The second-order valence-corrected chi connectivity index (χ2v) is 7.38. The van der Waals surface area contributed by atoms with Gasteiger partial charge in [0.25, 0.3) is 0 Å². The van der Waals surface area contributed by atoms with Crippen molar-refractivity contribution in [3.8, 4) is 0 Å². The summed E-state index contributed by atoms with van der Waals surface area (Å²) in [5, 5.41) is 2.90.